The second-order valence-electron chi connectivity index (χ2n) is 8.89. The Morgan fingerprint density at radius 3 is 2.47 bits per heavy atom. The number of fused-ring (bicyclic) bond motifs is 1. The Labute approximate surface area is 207 Å². The molecule has 0 bridgehead atoms. The average Bonchev–Trinajstić information content (AvgIpc) is 2.87. The van der Waals surface area contributed by atoms with Crippen molar-refractivity contribution in [2.45, 2.75) is 32.0 Å². The van der Waals surface area contributed by atoms with Gasteiger partial charge in [0, 0.05) is 18.0 Å². The molecule has 1 fully saturated rings. The fourth-order valence-corrected chi connectivity index (χ4v) is 4.78. The van der Waals surface area contributed by atoms with Crippen molar-refractivity contribution in [3.05, 3.63) is 108 Å². The number of rotatable bonds is 6. The monoisotopic (exact) mass is 471 g/mol. The number of hydrogen-bond donors (Lipinski definition) is 1. The van der Waals surface area contributed by atoms with Gasteiger partial charge in [0.2, 0.25) is 0 Å². The fourth-order valence-electron chi connectivity index (χ4n) is 4.78. The van der Waals surface area contributed by atoms with Crippen LogP contribution in [0.3, 0.4) is 0 Å². The van der Waals surface area contributed by atoms with Gasteiger partial charge in [0.05, 0.1) is 12.7 Å². The Kier molecular flexibility index (Phi) is 7.79. The highest BCUT2D eigenvalue weighted by molar-refractivity contribution is 5.95. The molecule has 0 spiro atoms. The molecule has 1 aliphatic rings. The zero-order valence-electron chi connectivity index (χ0n) is 19.4. The second-order valence-corrected chi connectivity index (χ2v) is 8.89. The summed E-state index contributed by atoms with van der Waals surface area (Å²) >= 11 is 0. The lowest BCUT2D eigenvalue weighted by Crippen LogP contribution is -2.41. The maximum Gasteiger partial charge on any atom is 0.159 e. The molecule has 1 aliphatic heterocycles. The van der Waals surface area contributed by atoms with Gasteiger partial charge in [-0.25, -0.2) is 0 Å². The predicted molar refractivity (Wildman–Crippen MR) is 142 cm³/mol. The summed E-state index contributed by atoms with van der Waals surface area (Å²) in [6, 6.07) is 31.6. The van der Waals surface area contributed by atoms with Crippen LogP contribution in [-0.2, 0) is 11.3 Å². The Bertz CT molecular complexity index is 1290. The van der Waals surface area contributed by atoms with Crippen molar-refractivity contribution in [1.29, 1.82) is 0 Å². The van der Waals surface area contributed by atoms with Gasteiger partial charge in [0.25, 0.3) is 0 Å². The van der Waals surface area contributed by atoms with Crippen LogP contribution in [-0.4, -0.2) is 25.0 Å². The number of carbonyl (C=O) groups is 1. The first kappa shape index (κ1) is 24.2. The van der Waals surface area contributed by atoms with E-state index < -0.39 is 0 Å². The van der Waals surface area contributed by atoms with Crippen LogP contribution in [0.15, 0.2) is 91.0 Å². The minimum atomic E-state index is 0. The first-order chi connectivity index (χ1) is 16.2. The molecule has 2 atom stereocenters. The highest BCUT2D eigenvalue weighted by Gasteiger charge is 2.27. The van der Waals surface area contributed by atoms with E-state index in [0.717, 1.165) is 36.2 Å². The number of Topliss-reactive ketones (excluding diaryl/α,β-unsaturated/α-hetero) is 1. The van der Waals surface area contributed by atoms with Crippen LogP contribution < -0.4 is 5.32 Å². The van der Waals surface area contributed by atoms with Gasteiger partial charge in [-0.2, -0.15) is 0 Å². The number of hydrogen-bond acceptors (Lipinski definition) is 3. The molecule has 0 amide bonds. The third-order valence-corrected chi connectivity index (χ3v) is 6.62. The number of piperidine rings is 1. The standard InChI is InChI=1S/C30H29NO2.ClH/c1-21(32)24-8-4-9-26(17-24)27-10-5-11-28(18-27)29-14-15-31-19-30(29)33-20-22-12-13-23-6-2-3-7-25(23)16-22;/h2-13,16-18,29-31H,14-15,19-20H2,1H3;1H/t29-,30?;/m1./s1. The topological polar surface area (TPSA) is 38.3 Å². The first-order valence-electron chi connectivity index (χ1n) is 11.7. The molecular formula is C30H30ClNO2. The lowest BCUT2D eigenvalue weighted by Gasteiger charge is -2.33. The van der Waals surface area contributed by atoms with E-state index in [1.807, 2.05) is 18.2 Å². The molecule has 174 valence electrons. The zero-order valence-corrected chi connectivity index (χ0v) is 20.2. The molecule has 0 aromatic heterocycles. The van der Waals surface area contributed by atoms with Crippen molar-refractivity contribution >= 4 is 29.0 Å². The molecule has 1 saturated heterocycles. The van der Waals surface area contributed by atoms with Gasteiger partial charge in [-0.15, -0.1) is 12.4 Å². The maximum absolute atomic E-state index is 11.8. The molecule has 1 heterocycles. The van der Waals surface area contributed by atoms with E-state index >= 15 is 0 Å². The van der Waals surface area contributed by atoms with E-state index in [2.05, 4.69) is 78.1 Å². The van der Waals surface area contributed by atoms with Crippen LogP contribution in [0, 0.1) is 0 Å². The third-order valence-electron chi connectivity index (χ3n) is 6.62. The lowest BCUT2D eigenvalue weighted by molar-refractivity contribution is 0.0107. The smallest absolute Gasteiger partial charge is 0.159 e. The Morgan fingerprint density at radius 1 is 0.882 bits per heavy atom. The van der Waals surface area contributed by atoms with Crippen molar-refractivity contribution in [2.24, 2.45) is 0 Å². The van der Waals surface area contributed by atoms with E-state index in [1.54, 1.807) is 6.92 Å². The van der Waals surface area contributed by atoms with Gasteiger partial charge < -0.3 is 10.1 Å². The van der Waals surface area contributed by atoms with Crippen LogP contribution in [0.5, 0.6) is 0 Å². The minimum absolute atomic E-state index is 0. The maximum atomic E-state index is 11.8. The summed E-state index contributed by atoms with van der Waals surface area (Å²) in [6.45, 7) is 4.06. The van der Waals surface area contributed by atoms with Gasteiger partial charge in [-0.3, -0.25) is 4.79 Å². The summed E-state index contributed by atoms with van der Waals surface area (Å²) in [5, 5.41) is 6.01. The van der Waals surface area contributed by atoms with Gasteiger partial charge >= 0.3 is 0 Å². The van der Waals surface area contributed by atoms with E-state index in [-0.39, 0.29) is 24.3 Å². The summed E-state index contributed by atoms with van der Waals surface area (Å²) < 4.78 is 6.47. The molecule has 0 saturated carbocycles. The highest BCUT2D eigenvalue weighted by atomic mass is 35.5. The molecule has 0 radical (unpaired) electrons. The second kappa shape index (κ2) is 11.0. The lowest BCUT2D eigenvalue weighted by atomic mass is 9.86. The van der Waals surface area contributed by atoms with Crippen LogP contribution in [0.2, 0.25) is 0 Å². The molecule has 0 aliphatic carbocycles. The number of nitrogens with one attached hydrogen (secondary N) is 1. The van der Waals surface area contributed by atoms with Gasteiger partial charge in [0.15, 0.2) is 5.78 Å². The summed E-state index contributed by atoms with van der Waals surface area (Å²) in [6.07, 6.45) is 1.16. The van der Waals surface area contributed by atoms with Crippen molar-refractivity contribution in [1.82, 2.24) is 5.32 Å². The summed E-state index contributed by atoms with van der Waals surface area (Å²) in [4.78, 5) is 11.8. The Hall–Kier alpha value is -2.98. The van der Waals surface area contributed by atoms with Gasteiger partial charge in [-0.1, -0.05) is 78.9 Å². The van der Waals surface area contributed by atoms with Crippen LogP contribution in [0.4, 0.5) is 0 Å². The summed E-state index contributed by atoms with van der Waals surface area (Å²) in [5.74, 6) is 0.427. The van der Waals surface area contributed by atoms with Crippen molar-refractivity contribution < 1.29 is 9.53 Å². The molecule has 4 heteroatoms. The number of ketones is 1. The molecular weight excluding hydrogens is 442 g/mol. The fraction of sp³-hybridized carbons (Fsp3) is 0.233. The van der Waals surface area contributed by atoms with Crippen molar-refractivity contribution in [3.8, 4) is 11.1 Å². The van der Waals surface area contributed by atoms with E-state index in [0.29, 0.717) is 12.5 Å². The van der Waals surface area contributed by atoms with E-state index in [1.165, 1.54) is 21.9 Å². The molecule has 1 N–H and O–H groups in total. The normalized spacial score (nSPS) is 17.8. The molecule has 4 aromatic carbocycles. The zero-order chi connectivity index (χ0) is 22.6. The van der Waals surface area contributed by atoms with E-state index in [4.69, 9.17) is 4.74 Å². The van der Waals surface area contributed by atoms with Gasteiger partial charge in [0.1, 0.15) is 0 Å². The quantitative estimate of drug-likeness (QED) is 0.314. The number of carbonyl (C=O) groups excluding carboxylic acids is 1. The Morgan fingerprint density at radius 2 is 1.65 bits per heavy atom. The number of halogens is 1. The molecule has 3 nitrogen and oxygen atoms in total. The average molecular weight is 472 g/mol. The Balaban J connectivity index is 0.00000274. The van der Waals surface area contributed by atoms with Crippen LogP contribution in [0.1, 0.15) is 40.7 Å². The van der Waals surface area contributed by atoms with E-state index in [9.17, 15) is 4.79 Å². The highest BCUT2D eigenvalue weighted by Crippen LogP contribution is 2.32. The van der Waals surface area contributed by atoms with Gasteiger partial charge in [-0.05, 0) is 65.0 Å². The van der Waals surface area contributed by atoms with Crippen molar-refractivity contribution in [2.75, 3.05) is 13.1 Å². The predicted octanol–water partition coefficient (Wildman–Crippen LogP) is 6.79. The van der Waals surface area contributed by atoms with Crippen LogP contribution >= 0.6 is 12.4 Å². The number of ether oxygens (including phenoxy) is 1. The SMILES string of the molecule is CC(=O)c1cccc(-c2cccc([C@H]3CCNCC3OCc3ccc4ccccc4c3)c2)c1.Cl. The third kappa shape index (κ3) is 5.39. The first-order valence-corrected chi connectivity index (χ1v) is 11.7. The van der Waals surface area contributed by atoms with Crippen LogP contribution in [0.25, 0.3) is 21.9 Å². The molecule has 4 aromatic rings. The summed E-state index contributed by atoms with van der Waals surface area (Å²) in [7, 11) is 0. The minimum Gasteiger partial charge on any atom is -0.372 e. The molecule has 1 unspecified atom stereocenters. The molecule has 34 heavy (non-hydrogen) atoms. The largest absolute Gasteiger partial charge is 0.372 e. The number of benzene rings is 4. The molecule has 5 rings (SSSR count). The summed E-state index contributed by atoms with van der Waals surface area (Å²) in [5.41, 5.74) is 5.46. The van der Waals surface area contributed by atoms with Crippen molar-refractivity contribution in [3.63, 3.8) is 0 Å².